The minimum atomic E-state index is 0.363. The summed E-state index contributed by atoms with van der Waals surface area (Å²) >= 11 is 1.91. The maximum atomic E-state index is 3.81. The Morgan fingerprint density at radius 2 is 2.33 bits per heavy atom. The molecule has 2 nitrogen and oxygen atoms in total. The van der Waals surface area contributed by atoms with Gasteiger partial charge in [-0.3, -0.25) is 4.90 Å². The van der Waals surface area contributed by atoms with Gasteiger partial charge in [-0.1, -0.05) is 0 Å². The van der Waals surface area contributed by atoms with E-state index >= 15 is 0 Å². The minimum Gasteiger partial charge on any atom is -0.310 e. The van der Waals surface area contributed by atoms with Gasteiger partial charge in [-0.15, -0.1) is 11.3 Å². The van der Waals surface area contributed by atoms with Crippen molar-refractivity contribution in [1.29, 1.82) is 0 Å². The summed E-state index contributed by atoms with van der Waals surface area (Å²) < 4.78 is 0. The summed E-state index contributed by atoms with van der Waals surface area (Å²) in [5.41, 5.74) is 1.83. The van der Waals surface area contributed by atoms with Gasteiger partial charge in [-0.2, -0.15) is 0 Å². The van der Waals surface area contributed by atoms with Gasteiger partial charge in [0.1, 0.15) is 0 Å². The number of rotatable bonds is 3. The first kappa shape index (κ1) is 12.6. The Labute approximate surface area is 114 Å². The molecule has 3 heteroatoms. The standard InChI is InChI=1S/C15H24N2S/c1-12-6-9-18-14(12)10-17-8-3-7-16-15(2,11-17)13-4-5-13/h6,9,13,16H,3-5,7-8,10-11H2,1-2H3. The molecule has 0 bridgehead atoms. The zero-order valence-corrected chi connectivity index (χ0v) is 12.4. The third-order valence-corrected chi connectivity index (χ3v) is 5.55. The van der Waals surface area contributed by atoms with Crippen molar-refractivity contribution in [3.05, 3.63) is 21.9 Å². The van der Waals surface area contributed by atoms with Crippen LogP contribution in [0.3, 0.4) is 0 Å². The third-order valence-electron chi connectivity index (χ3n) is 4.55. The predicted octanol–water partition coefficient (Wildman–Crippen LogP) is 3.02. The number of aryl methyl sites for hydroxylation is 1. The average molecular weight is 264 g/mol. The van der Waals surface area contributed by atoms with E-state index in [1.807, 2.05) is 11.3 Å². The predicted molar refractivity (Wildman–Crippen MR) is 78.1 cm³/mol. The van der Waals surface area contributed by atoms with Crippen molar-refractivity contribution in [1.82, 2.24) is 10.2 Å². The second kappa shape index (κ2) is 4.95. The fraction of sp³-hybridized carbons (Fsp3) is 0.733. The highest BCUT2D eigenvalue weighted by Crippen LogP contribution is 2.40. The fourth-order valence-corrected chi connectivity index (χ4v) is 4.12. The lowest BCUT2D eigenvalue weighted by Crippen LogP contribution is -2.50. The van der Waals surface area contributed by atoms with Crippen molar-refractivity contribution in [2.75, 3.05) is 19.6 Å². The summed E-state index contributed by atoms with van der Waals surface area (Å²) in [6.45, 7) is 9.47. The molecule has 0 spiro atoms. The first-order valence-corrected chi connectivity index (χ1v) is 8.06. The van der Waals surface area contributed by atoms with Crippen LogP contribution in [0.15, 0.2) is 11.4 Å². The van der Waals surface area contributed by atoms with Crippen LogP contribution in [0.25, 0.3) is 0 Å². The zero-order valence-electron chi connectivity index (χ0n) is 11.5. The average Bonchev–Trinajstić information content (AvgIpc) is 3.12. The smallest absolute Gasteiger partial charge is 0.0331 e. The van der Waals surface area contributed by atoms with Crippen LogP contribution >= 0.6 is 11.3 Å². The topological polar surface area (TPSA) is 15.3 Å². The lowest BCUT2D eigenvalue weighted by molar-refractivity contribution is 0.196. The molecule has 0 radical (unpaired) electrons. The summed E-state index contributed by atoms with van der Waals surface area (Å²) in [4.78, 5) is 4.21. The Balaban J connectivity index is 1.69. The van der Waals surface area contributed by atoms with Gasteiger partial charge >= 0.3 is 0 Å². The van der Waals surface area contributed by atoms with E-state index in [2.05, 4.69) is 35.5 Å². The second-order valence-electron chi connectivity index (χ2n) is 6.21. The quantitative estimate of drug-likeness (QED) is 0.903. The van der Waals surface area contributed by atoms with E-state index in [1.54, 1.807) is 4.88 Å². The van der Waals surface area contributed by atoms with Gasteiger partial charge < -0.3 is 5.32 Å². The van der Waals surface area contributed by atoms with Gasteiger partial charge in [-0.05, 0) is 69.1 Å². The first-order chi connectivity index (χ1) is 8.67. The first-order valence-electron chi connectivity index (χ1n) is 7.18. The molecule has 1 unspecified atom stereocenters. The largest absolute Gasteiger partial charge is 0.310 e. The van der Waals surface area contributed by atoms with Crippen LogP contribution in [0.4, 0.5) is 0 Å². The number of hydrogen-bond acceptors (Lipinski definition) is 3. The van der Waals surface area contributed by atoms with E-state index in [4.69, 9.17) is 0 Å². The van der Waals surface area contributed by atoms with E-state index < -0.39 is 0 Å². The molecule has 18 heavy (non-hydrogen) atoms. The van der Waals surface area contributed by atoms with Crippen LogP contribution in [-0.2, 0) is 6.54 Å². The molecular formula is C15H24N2S. The van der Waals surface area contributed by atoms with Crippen LogP contribution in [0.1, 0.15) is 36.6 Å². The Hall–Kier alpha value is -0.380. The molecule has 3 rings (SSSR count). The minimum absolute atomic E-state index is 0.363. The van der Waals surface area contributed by atoms with Gasteiger partial charge in [0.2, 0.25) is 0 Å². The summed E-state index contributed by atoms with van der Waals surface area (Å²) in [7, 11) is 0. The van der Waals surface area contributed by atoms with Gasteiger partial charge in [0.05, 0.1) is 0 Å². The van der Waals surface area contributed by atoms with E-state index in [9.17, 15) is 0 Å². The number of hydrogen-bond donors (Lipinski definition) is 1. The van der Waals surface area contributed by atoms with E-state index in [1.165, 1.54) is 44.5 Å². The molecule has 2 aliphatic rings. The molecule has 1 aromatic rings. The third kappa shape index (κ3) is 2.63. The Kier molecular flexibility index (Phi) is 3.48. The molecule has 1 saturated heterocycles. The highest BCUT2D eigenvalue weighted by Gasteiger charge is 2.42. The van der Waals surface area contributed by atoms with Crippen molar-refractivity contribution in [2.24, 2.45) is 5.92 Å². The Bertz CT molecular complexity index is 410. The van der Waals surface area contributed by atoms with Crippen LogP contribution < -0.4 is 5.32 Å². The Morgan fingerprint density at radius 3 is 3.00 bits per heavy atom. The molecule has 0 amide bonds. The second-order valence-corrected chi connectivity index (χ2v) is 7.21. The number of nitrogens with one attached hydrogen (secondary N) is 1. The molecule has 1 aliphatic heterocycles. The number of thiophene rings is 1. The molecular weight excluding hydrogens is 240 g/mol. The van der Waals surface area contributed by atoms with Crippen molar-refractivity contribution >= 4 is 11.3 Å². The van der Waals surface area contributed by atoms with Crippen LogP contribution in [0.2, 0.25) is 0 Å². The van der Waals surface area contributed by atoms with Crippen LogP contribution in [0.5, 0.6) is 0 Å². The van der Waals surface area contributed by atoms with Crippen molar-refractivity contribution < 1.29 is 0 Å². The van der Waals surface area contributed by atoms with Gasteiger partial charge in [0, 0.05) is 23.5 Å². The van der Waals surface area contributed by atoms with Gasteiger partial charge in [0.15, 0.2) is 0 Å². The Morgan fingerprint density at radius 1 is 1.50 bits per heavy atom. The van der Waals surface area contributed by atoms with Gasteiger partial charge in [-0.25, -0.2) is 0 Å². The lowest BCUT2D eigenvalue weighted by atomic mass is 9.95. The molecule has 1 aliphatic carbocycles. The molecule has 1 saturated carbocycles. The summed E-state index contributed by atoms with van der Waals surface area (Å²) in [6, 6.07) is 2.25. The highest BCUT2D eigenvalue weighted by atomic mass is 32.1. The van der Waals surface area contributed by atoms with E-state index in [0.29, 0.717) is 5.54 Å². The lowest BCUT2D eigenvalue weighted by Gasteiger charge is -2.34. The molecule has 2 fully saturated rings. The fourth-order valence-electron chi connectivity index (χ4n) is 3.17. The van der Waals surface area contributed by atoms with Crippen LogP contribution in [-0.4, -0.2) is 30.1 Å². The highest BCUT2D eigenvalue weighted by molar-refractivity contribution is 7.10. The molecule has 100 valence electrons. The summed E-state index contributed by atoms with van der Waals surface area (Å²) in [5, 5.41) is 6.03. The maximum absolute atomic E-state index is 3.81. The van der Waals surface area contributed by atoms with Crippen LogP contribution in [0, 0.1) is 12.8 Å². The van der Waals surface area contributed by atoms with Crippen molar-refractivity contribution in [3.8, 4) is 0 Å². The van der Waals surface area contributed by atoms with Crippen molar-refractivity contribution in [2.45, 2.75) is 45.2 Å². The normalized spacial score (nSPS) is 30.3. The van der Waals surface area contributed by atoms with Crippen molar-refractivity contribution in [3.63, 3.8) is 0 Å². The zero-order chi connectivity index (χ0) is 12.6. The molecule has 1 atom stereocenters. The summed E-state index contributed by atoms with van der Waals surface area (Å²) in [5.74, 6) is 0.919. The monoisotopic (exact) mass is 264 g/mol. The summed E-state index contributed by atoms with van der Waals surface area (Å²) in [6.07, 6.45) is 4.14. The maximum Gasteiger partial charge on any atom is 0.0331 e. The van der Waals surface area contributed by atoms with Gasteiger partial charge in [0.25, 0.3) is 0 Å². The molecule has 2 heterocycles. The molecule has 0 aromatic carbocycles. The molecule has 1 aromatic heterocycles. The van der Waals surface area contributed by atoms with E-state index in [0.717, 1.165) is 12.5 Å². The van der Waals surface area contributed by atoms with E-state index in [-0.39, 0.29) is 0 Å². The number of nitrogens with zero attached hydrogens (tertiary/aromatic N) is 1. The SMILES string of the molecule is Cc1ccsc1CN1CCCNC(C)(C2CC2)C1. The molecule has 1 N–H and O–H groups in total.